The van der Waals surface area contributed by atoms with Crippen LogP contribution in [0.4, 0.5) is 0 Å². The van der Waals surface area contributed by atoms with Crippen molar-refractivity contribution in [3.05, 3.63) is 82.9 Å². The molecule has 0 saturated carbocycles. The Labute approximate surface area is 190 Å². The van der Waals surface area contributed by atoms with Gasteiger partial charge in [-0.1, -0.05) is 52.8 Å². The second-order valence-corrected chi connectivity index (χ2v) is 8.41. The molecule has 0 unspecified atom stereocenters. The normalized spacial score (nSPS) is 23.0. The lowest BCUT2D eigenvalue weighted by Gasteiger charge is -2.35. The molecule has 0 radical (unpaired) electrons. The highest BCUT2D eigenvalue weighted by atomic mass is 79.9. The van der Waals surface area contributed by atoms with E-state index in [1.165, 1.54) is 6.08 Å². The minimum atomic E-state index is -1.77. The van der Waals surface area contributed by atoms with Gasteiger partial charge >= 0.3 is 11.9 Å². The highest BCUT2D eigenvalue weighted by molar-refractivity contribution is 9.10. The molecule has 7 heteroatoms. The molecule has 0 amide bonds. The molecule has 2 aromatic rings. The molecule has 0 aliphatic carbocycles. The number of halogens is 1. The summed E-state index contributed by atoms with van der Waals surface area (Å²) >= 11 is 3.34. The molecule has 3 rings (SSSR count). The van der Waals surface area contributed by atoms with E-state index >= 15 is 0 Å². The van der Waals surface area contributed by atoms with E-state index in [0.29, 0.717) is 11.1 Å². The zero-order valence-corrected chi connectivity index (χ0v) is 19.3. The Morgan fingerprint density at radius 2 is 1.81 bits per heavy atom. The number of benzene rings is 2. The van der Waals surface area contributed by atoms with Crippen LogP contribution >= 0.6 is 15.9 Å². The SMILES string of the molecule is C=C[C@H](OC(=O)c1ccc(Br)cc1)[C@]1(C(=O)OCC)OC(C)(C)O[C@H]1c1ccccc1. The van der Waals surface area contributed by atoms with Crippen molar-refractivity contribution < 1.29 is 28.5 Å². The van der Waals surface area contributed by atoms with Gasteiger partial charge < -0.3 is 18.9 Å². The van der Waals surface area contributed by atoms with Crippen molar-refractivity contribution in [2.24, 2.45) is 0 Å². The van der Waals surface area contributed by atoms with Gasteiger partial charge in [0.05, 0.1) is 12.2 Å². The van der Waals surface area contributed by atoms with Gasteiger partial charge in [-0.25, -0.2) is 9.59 Å². The van der Waals surface area contributed by atoms with Gasteiger partial charge in [-0.2, -0.15) is 0 Å². The van der Waals surface area contributed by atoms with Crippen molar-refractivity contribution in [1.29, 1.82) is 0 Å². The van der Waals surface area contributed by atoms with Crippen LogP contribution in [0.1, 0.15) is 42.8 Å². The number of carbonyl (C=O) groups excluding carboxylic acids is 2. The Balaban J connectivity index is 2.06. The van der Waals surface area contributed by atoms with Gasteiger partial charge in [-0.3, -0.25) is 0 Å². The molecule has 0 aromatic heterocycles. The highest BCUT2D eigenvalue weighted by Crippen LogP contribution is 2.49. The first-order valence-corrected chi connectivity index (χ1v) is 10.7. The van der Waals surface area contributed by atoms with E-state index in [0.717, 1.165) is 4.47 Å². The predicted molar refractivity (Wildman–Crippen MR) is 118 cm³/mol. The van der Waals surface area contributed by atoms with Crippen LogP contribution in [0.2, 0.25) is 0 Å². The lowest BCUT2D eigenvalue weighted by Crippen LogP contribution is -2.55. The molecule has 0 bridgehead atoms. The maximum Gasteiger partial charge on any atom is 0.346 e. The lowest BCUT2D eigenvalue weighted by atomic mass is 9.85. The Hall–Kier alpha value is -2.48. The minimum Gasteiger partial charge on any atom is -0.464 e. The Bertz CT molecular complexity index is 940. The van der Waals surface area contributed by atoms with E-state index in [1.54, 1.807) is 45.0 Å². The third-order valence-electron chi connectivity index (χ3n) is 4.85. The molecule has 1 aliphatic rings. The van der Waals surface area contributed by atoms with Gasteiger partial charge in [0.2, 0.25) is 5.60 Å². The summed E-state index contributed by atoms with van der Waals surface area (Å²) in [7, 11) is 0. The fraction of sp³-hybridized carbons (Fsp3) is 0.333. The molecule has 3 atom stereocenters. The van der Waals surface area contributed by atoms with Gasteiger partial charge in [-0.15, -0.1) is 0 Å². The fourth-order valence-corrected chi connectivity index (χ4v) is 3.86. The van der Waals surface area contributed by atoms with Gasteiger partial charge in [-0.05, 0) is 56.7 Å². The molecule has 2 aromatic carbocycles. The molecular formula is C24H25BrO6. The third-order valence-corrected chi connectivity index (χ3v) is 5.38. The topological polar surface area (TPSA) is 71.1 Å². The van der Waals surface area contributed by atoms with Crippen LogP contribution in [0.5, 0.6) is 0 Å². The molecule has 1 heterocycles. The van der Waals surface area contributed by atoms with Crippen LogP contribution in [0.25, 0.3) is 0 Å². The summed E-state index contributed by atoms with van der Waals surface area (Å²) in [6.45, 7) is 9.01. The van der Waals surface area contributed by atoms with E-state index < -0.39 is 35.5 Å². The van der Waals surface area contributed by atoms with Crippen molar-refractivity contribution in [2.45, 2.75) is 44.4 Å². The standard InChI is InChI=1S/C24H25BrO6/c1-5-19(29-21(26)17-12-14-18(25)15-13-17)24(22(27)28-6-2)20(30-23(3,4)31-24)16-10-8-7-9-11-16/h5,7-15,19-20H,1,6H2,2-4H3/t19-,20-,24-/m0/s1. The number of hydrogen-bond acceptors (Lipinski definition) is 6. The van der Waals surface area contributed by atoms with Crippen molar-refractivity contribution in [3.63, 3.8) is 0 Å². The molecule has 31 heavy (non-hydrogen) atoms. The Morgan fingerprint density at radius 3 is 2.39 bits per heavy atom. The van der Waals surface area contributed by atoms with Crippen molar-refractivity contribution in [3.8, 4) is 0 Å². The average molecular weight is 489 g/mol. The van der Waals surface area contributed by atoms with Gasteiger partial charge in [0.25, 0.3) is 0 Å². The molecule has 164 valence electrons. The first-order valence-electron chi connectivity index (χ1n) is 9.92. The van der Waals surface area contributed by atoms with Crippen molar-refractivity contribution >= 4 is 27.9 Å². The van der Waals surface area contributed by atoms with Crippen LogP contribution in [-0.2, 0) is 23.7 Å². The number of esters is 2. The molecular weight excluding hydrogens is 464 g/mol. The second-order valence-electron chi connectivity index (χ2n) is 7.49. The van der Waals surface area contributed by atoms with Crippen LogP contribution in [0, 0.1) is 0 Å². The number of carbonyl (C=O) groups is 2. The summed E-state index contributed by atoms with van der Waals surface area (Å²) in [4.78, 5) is 26.2. The first-order chi connectivity index (χ1) is 14.7. The molecule has 0 spiro atoms. The summed E-state index contributed by atoms with van der Waals surface area (Å²) in [6, 6.07) is 15.8. The van der Waals surface area contributed by atoms with E-state index in [1.807, 2.05) is 30.3 Å². The van der Waals surface area contributed by atoms with E-state index in [-0.39, 0.29) is 6.61 Å². The second kappa shape index (κ2) is 9.34. The van der Waals surface area contributed by atoms with E-state index in [2.05, 4.69) is 22.5 Å². The smallest absolute Gasteiger partial charge is 0.346 e. The molecule has 6 nitrogen and oxygen atoms in total. The predicted octanol–water partition coefficient (Wildman–Crippen LogP) is 4.99. The highest BCUT2D eigenvalue weighted by Gasteiger charge is 2.65. The number of rotatable bonds is 7. The zero-order chi connectivity index (χ0) is 22.6. The van der Waals surface area contributed by atoms with Gasteiger partial charge in [0, 0.05) is 4.47 Å². The maximum absolute atomic E-state index is 13.3. The van der Waals surface area contributed by atoms with Crippen molar-refractivity contribution in [1.82, 2.24) is 0 Å². The van der Waals surface area contributed by atoms with E-state index in [9.17, 15) is 9.59 Å². The van der Waals surface area contributed by atoms with E-state index in [4.69, 9.17) is 18.9 Å². The Kier molecular flexibility index (Phi) is 6.99. The zero-order valence-electron chi connectivity index (χ0n) is 17.7. The summed E-state index contributed by atoms with van der Waals surface area (Å²) in [6.07, 6.45) is -0.688. The van der Waals surface area contributed by atoms with Crippen LogP contribution in [0.15, 0.2) is 71.7 Å². The summed E-state index contributed by atoms with van der Waals surface area (Å²) in [5, 5.41) is 0. The third kappa shape index (κ3) is 4.74. The summed E-state index contributed by atoms with van der Waals surface area (Å²) in [5.74, 6) is -2.46. The molecule has 1 fully saturated rings. The minimum absolute atomic E-state index is 0.121. The van der Waals surface area contributed by atoms with Gasteiger partial charge in [0.1, 0.15) is 6.10 Å². The fourth-order valence-electron chi connectivity index (χ4n) is 3.60. The van der Waals surface area contributed by atoms with Gasteiger partial charge in [0.15, 0.2) is 11.9 Å². The average Bonchev–Trinajstić information content (AvgIpc) is 3.05. The summed E-state index contributed by atoms with van der Waals surface area (Å²) in [5.41, 5.74) is -0.760. The first kappa shape index (κ1) is 23.2. The van der Waals surface area contributed by atoms with Crippen LogP contribution in [0.3, 0.4) is 0 Å². The van der Waals surface area contributed by atoms with Crippen LogP contribution < -0.4 is 0 Å². The monoisotopic (exact) mass is 488 g/mol. The number of ether oxygens (including phenoxy) is 4. The Morgan fingerprint density at radius 1 is 1.16 bits per heavy atom. The molecule has 0 N–H and O–H groups in total. The lowest BCUT2D eigenvalue weighted by molar-refractivity contribution is -0.202. The van der Waals surface area contributed by atoms with Crippen LogP contribution in [-0.4, -0.2) is 36.0 Å². The largest absolute Gasteiger partial charge is 0.464 e. The summed E-state index contributed by atoms with van der Waals surface area (Å²) < 4.78 is 24.3. The number of hydrogen-bond donors (Lipinski definition) is 0. The molecule has 1 aliphatic heterocycles. The quantitative estimate of drug-likeness (QED) is 0.403. The van der Waals surface area contributed by atoms with Crippen molar-refractivity contribution in [2.75, 3.05) is 6.61 Å². The molecule has 1 saturated heterocycles. The maximum atomic E-state index is 13.3.